The summed E-state index contributed by atoms with van der Waals surface area (Å²) in [7, 11) is 1.42. The normalized spacial score (nSPS) is 11.9. The Morgan fingerprint density at radius 3 is 2.63 bits per heavy atom. The van der Waals surface area contributed by atoms with Gasteiger partial charge in [-0.15, -0.1) is 0 Å². The Bertz CT molecular complexity index is 473. The number of carbonyl (C=O) groups is 2. The summed E-state index contributed by atoms with van der Waals surface area (Å²) in [6.07, 6.45) is -0.499. The van der Waals surface area contributed by atoms with Crippen molar-refractivity contribution >= 4 is 23.5 Å². The molecule has 1 atom stereocenters. The molecule has 1 amide bonds. The Labute approximate surface area is 114 Å². The van der Waals surface area contributed by atoms with Crippen LogP contribution in [0, 0.1) is 0 Å². The van der Waals surface area contributed by atoms with Crippen LogP contribution in [0.2, 0.25) is 5.02 Å². The summed E-state index contributed by atoms with van der Waals surface area (Å²) in [6.45, 7) is -0.0920. The summed E-state index contributed by atoms with van der Waals surface area (Å²) in [5, 5.41) is 20.3. The van der Waals surface area contributed by atoms with Crippen molar-refractivity contribution in [3.05, 3.63) is 34.3 Å². The van der Waals surface area contributed by atoms with E-state index in [0.717, 1.165) is 0 Å². The van der Waals surface area contributed by atoms with Gasteiger partial charge >= 0.3 is 5.97 Å². The first-order chi connectivity index (χ1) is 8.99. The van der Waals surface area contributed by atoms with Gasteiger partial charge in [-0.1, -0.05) is 11.6 Å². The zero-order chi connectivity index (χ0) is 14.4. The lowest BCUT2D eigenvalue weighted by atomic mass is 10.1. The van der Waals surface area contributed by atoms with Gasteiger partial charge in [-0.05, 0) is 18.2 Å². The molecular weight excluding hydrogens is 274 g/mol. The Morgan fingerprint density at radius 1 is 1.47 bits per heavy atom. The Kier molecular flexibility index (Phi) is 5.75. The summed E-state index contributed by atoms with van der Waals surface area (Å²) in [4.78, 5) is 22.5. The molecular formula is C12H14ClNO5. The molecule has 0 aliphatic heterocycles. The molecule has 1 unspecified atom stereocenters. The van der Waals surface area contributed by atoms with E-state index >= 15 is 0 Å². The average Bonchev–Trinajstić information content (AvgIpc) is 2.39. The summed E-state index contributed by atoms with van der Waals surface area (Å²) in [5.74, 6) is -1.58. The first kappa shape index (κ1) is 15.4. The van der Waals surface area contributed by atoms with Crippen molar-refractivity contribution in [2.24, 2.45) is 0 Å². The molecule has 7 heteroatoms. The number of carbonyl (C=O) groups excluding carboxylic acids is 1. The van der Waals surface area contributed by atoms with Gasteiger partial charge in [0, 0.05) is 13.7 Å². The SMILES string of the molecule is COC(CO)CNC(=O)c1ccc(C(=O)O)cc1Cl. The maximum absolute atomic E-state index is 11.8. The van der Waals surface area contributed by atoms with E-state index in [0.29, 0.717) is 0 Å². The van der Waals surface area contributed by atoms with Crippen LogP contribution in [0.1, 0.15) is 20.7 Å². The third-order valence-electron chi connectivity index (χ3n) is 2.49. The molecule has 0 saturated heterocycles. The predicted octanol–water partition coefficient (Wildman–Crippen LogP) is 0.775. The third-order valence-corrected chi connectivity index (χ3v) is 2.80. The number of methoxy groups -OCH3 is 1. The van der Waals surface area contributed by atoms with Crippen molar-refractivity contribution in [1.29, 1.82) is 0 Å². The lowest BCUT2D eigenvalue weighted by molar-refractivity contribution is 0.0474. The van der Waals surface area contributed by atoms with Crippen molar-refractivity contribution in [3.63, 3.8) is 0 Å². The minimum Gasteiger partial charge on any atom is -0.478 e. The molecule has 0 heterocycles. The van der Waals surface area contributed by atoms with E-state index in [-0.39, 0.29) is 29.3 Å². The van der Waals surface area contributed by atoms with Crippen molar-refractivity contribution in [1.82, 2.24) is 5.32 Å². The van der Waals surface area contributed by atoms with Gasteiger partial charge in [-0.3, -0.25) is 4.79 Å². The Morgan fingerprint density at radius 2 is 2.16 bits per heavy atom. The molecule has 6 nitrogen and oxygen atoms in total. The van der Waals surface area contributed by atoms with Gasteiger partial charge in [0.15, 0.2) is 0 Å². The quantitative estimate of drug-likeness (QED) is 0.718. The molecule has 0 fully saturated rings. The largest absolute Gasteiger partial charge is 0.478 e. The third kappa shape index (κ3) is 4.20. The van der Waals surface area contributed by atoms with E-state index in [1.165, 1.54) is 25.3 Å². The number of hydrogen-bond acceptors (Lipinski definition) is 4. The summed E-state index contributed by atoms with van der Waals surface area (Å²) < 4.78 is 4.89. The molecule has 0 spiro atoms. The maximum atomic E-state index is 11.8. The van der Waals surface area contributed by atoms with Gasteiger partial charge in [0.25, 0.3) is 5.91 Å². The zero-order valence-corrected chi connectivity index (χ0v) is 11.0. The lowest BCUT2D eigenvalue weighted by Gasteiger charge is -2.13. The molecule has 0 aliphatic rings. The first-order valence-corrected chi connectivity index (χ1v) is 5.82. The smallest absolute Gasteiger partial charge is 0.335 e. The maximum Gasteiger partial charge on any atom is 0.335 e. The van der Waals surface area contributed by atoms with Gasteiger partial charge in [0.2, 0.25) is 0 Å². The van der Waals surface area contributed by atoms with E-state index in [2.05, 4.69) is 5.32 Å². The fourth-order valence-electron chi connectivity index (χ4n) is 1.36. The highest BCUT2D eigenvalue weighted by Gasteiger charge is 2.14. The van der Waals surface area contributed by atoms with Gasteiger partial charge in [-0.25, -0.2) is 4.79 Å². The topological polar surface area (TPSA) is 95.9 Å². The Hall–Kier alpha value is -1.63. The summed E-state index contributed by atoms with van der Waals surface area (Å²) in [6, 6.07) is 3.84. The highest BCUT2D eigenvalue weighted by Crippen LogP contribution is 2.18. The highest BCUT2D eigenvalue weighted by atomic mass is 35.5. The van der Waals surface area contributed by atoms with Crippen LogP contribution in [-0.4, -0.2) is 48.5 Å². The molecule has 1 rings (SSSR count). The van der Waals surface area contributed by atoms with Crippen LogP contribution in [0.3, 0.4) is 0 Å². The molecule has 1 aromatic carbocycles. The first-order valence-electron chi connectivity index (χ1n) is 5.44. The van der Waals surface area contributed by atoms with Gasteiger partial charge < -0.3 is 20.3 Å². The number of rotatable bonds is 6. The van der Waals surface area contributed by atoms with Gasteiger partial charge in [0.1, 0.15) is 0 Å². The van der Waals surface area contributed by atoms with Crippen molar-refractivity contribution in [3.8, 4) is 0 Å². The predicted molar refractivity (Wildman–Crippen MR) is 68.6 cm³/mol. The van der Waals surface area contributed by atoms with E-state index in [1.54, 1.807) is 0 Å². The number of aromatic carboxylic acids is 1. The minimum absolute atomic E-state index is 0.00618. The number of ether oxygens (including phenoxy) is 1. The van der Waals surface area contributed by atoms with Crippen molar-refractivity contribution in [2.75, 3.05) is 20.3 Å². The van der Waals surface area contributed by atoms with Crippen LogP contribution in [0.4, 0.5) is 0 Å². The van der Waals surface area contributed by atoms with Crippen LogP contribution in [0.5, 0.6) is 0 Å². The molecule has 3 N–H and O–H groups in total. The molecule has 0 aliphatic carbocycles. The van der Waals surface area contributed by atoms with Crippen LogP contribution in [0.15, 0.2) is 18.2 Å². The molecule has 0 radical (unpaired) electrons. The highest BCUT2D eigenvalue weighted by molar-refractivity contribution is 6.34. The molecule has 1 aromatic rings. The number of carboxylic acid groups (broad SMARTS) is 1. The number of hydrogen-bond donors (Lipinski definition) is 3. The van der Waals surface area contributed by atoms with Crippen LogP contribution < -0.4 is 5.32 Å². The van der Waals surface area contributed by atoms with Gasteiger partial charge in [-0.2, -0.15) is 0 Å². The standard InChI is InChI=1S/C12H14ClNO5/c1-19-8(6-15)5-14-11(16)9-3-2-7(12(17)18)4-10(9)13/h2-4,8,15H,5-6H2,1H3,(H,14,16)(H,17,18). The van der Waals surface area contributed by atoms with Crippen LogP contribution in [-0.2, 0) is 4.74 Å². The second-order valence-corrected chi connectivity index (χ2v) is 4.16. The number of aliphatic hydroxyl groups excluding tert-OH is 1. The molecule has 0 saturated carbocycles. The molecule has 0 aromatic heterocycles. The van der Waals surface area contributed by atoms with Crippen molar-refractivity contribution in [2.45, 2.75) is 6.10 Å². The number of benzene rings is 1. The number of amides is 1. The number of aliphatic hydroxyl groups is 1. The monoisotopic (exact) mass is 287 g/mol. The average molecular weight is 288 g/mol. The van der Waals surface area contributed by atoms with E-state index in [1.807, 2.05) is 0 Å². The molecule has 0 bridgehead atoms. The second-order valence-electron chi connectivity index (χ2n) is 3.75. The van der Waals surface area contributed by atoms with E-state index in [9.17, 15) is 9.59 Å². The lowest BCUT2D eigenvalue weighted by Crippen LogP contribution is -2.35. The number of carboxylic acids is 1. The van der Waals surface area contributed by atoms with Crippen molar-refractivity contribution < 1.29 is 24.5 Å². The van der Waals surface area contributed by atoms with Gasteiger partial charge in [0.05, 0.1) is 28.9 Å². The fraction of sp³-hybridized carbons (Fsp3) is 0.333. The minimum atomic E-state index is -1.12. The van der Waals surface area contributed by atoms with E-state index in [4.69, 9.17) is 26.6 Å². The molecule has 19 heavy (non-hydrogen) atoms. The number of halogens is 1. The summed E-state index contributed by atoms with van der Waals surface area (Å²) in [5.41, 5.74) is 0.172. The summed E-state index contributed by atoms with van der Waals surface area (Å²) >= 11 is 5.85. The fourth-order valence-corrected chi connectivity index (χ4v) is 1.62. The Balaban J connectivity index is 2.75. The van der Waals surface area contributed by atoms with Crippen LogP contribution in [0.25, 0.3) is 0 Å². The van der Waals surface area contributed by atoms with E-state index < -0.39 is 18.0 Å². The number of nitrogens with one attached hydrogen (secondary N) is 1. The second kappa shape index (κ2) is 7.08. The zero-order valence-electron chi connectivity index (χ0n) is 10.2. The molecule has 104 valence electrons. The van der Waals surface area contributed by atoms with Crippen LogP contribution >= 0.6 is 11.6 Å².